The molecule has 0 spiro atoms. The molecule has 1 heterocycles. The van der Waals surface area contributed by atoms with E-state index in [0.717, 1.165) is 32.1 Å². The van der Waals surface area contributed by atoms with Crippen LogP contribution in [0.2, 0.25) is 0 Å². The Morgan fingerprint density at radius 1 is 1.19 bits per heavy atom. The zero-order valence-corrected chi connectivity index (χ0v) is 16.1. The van der Waals surface area contributed by atoms with E-state index in [1.54, 1.807) is 11.0 Å². The monoisotopic (exact) mass is 395 g/mol. The van der Waals surface area contributed by atoms with Gasteiger partial charge in [0.1, 0.15) is 5.82 Å². The maximum atomic E-state index is 14.3. The third-order valence-electron chi connectivity index (χ3n) is 6.25. The topological polar surface area (TPSA) is 75.4 Å². The predicted molar refractivity (Wildman–Crippen MR) is 105 cm³/mol. The highest BCUT2D eigenvalue weighted by Crippen LogP contribution is 2.39. The first kappa shape index (κ1) is 20.1. The van der Waals surface area contributed by atoms with Gasteiger partial charge in [0.25, 0.3) is 5.91 Å². The minimum Gasteiger partial charge on any atom is -0.349 e. The Morgan fingerprint density at radius 3 is 2.52 bits per heavy atom. The fourth-order valence-electron chi connectivity index (χ4n) is 5.03. The summed E-state index contributed by atoms with van der Waals surface area (Å²) in [6.45, 7) is 0.621. The lowest BCUT2D eigenvalue weighted by molar-refractivity contribution is -0.117. The molecule has 1 aromatic rings. The smallest absolute Gasteiger partial charge is 0.254 e. The molecule has 148 valence electrons. The van der Waals surface area contributed by atoms with E-state index in [-0.39, 0.29) is 41.9 Å². The van der Waals surface area contributed by atoms with Gasteiger partial charge in [-0.05, 0) is 62.1 Å². The highest BCUT2D eigenvalue weighted by molar-refractivity contribution is 5.99. The van der Waals surface area contributed by atoms with Crippen LogP contribution in [0.1, 0.15) is 55.3 Å². The van der Waals surface area contributed by atoms with Crippen molar-refractivity contribution in [2.45, 2.75) is 57.0 Å². The van der Waals surface area contributed by atoms with Crippen LogP contribution in [-0.4, -0.2) is 30.4 Å². The summed E-state index contributed by atoms with van der Waals surface area (Å²) in [4.78, 5) is 26.4. The molecule has 3 fully saturated rings. The molecule has 27 heavy (non-hydrogen) atoms. The Kier molecular flexibility index (Phi) is 6.06. The first-order chi connectivity index (χ1) is 12.5. The highest BCUT2D eigenvalue weighted by Gasteiger charge is 2.40. The van der Waals surface area contributed by atoms with Gasteiger partial charge < -0.3 is 16.0 Å². The van der Waals surface area contributed by atoms with E-state index in [1.807, 2.05) is 0 Å². The van der Waals surface area contributed by atoms with Crippen molar-refractivity contribution in [3.8, 4) is 0 Å². The molecule has 2 atom stereocenters. The van der Waals surface area contributed by atoms with Crippen molar-refractivity contribution in [2.75, 3.05) is 11.4 Å². The largest absolute Gasteiger partial charge is 0.349 e. The van der Waals surface area contributed by atoms with Crippen LogP contribution in [0.5, 0.6) is 0 Å². The number of anilines is 1. The maximum Gasteiger partial charge on any atom is 0.254 e. The lowest BCUT2D eigenvalue weighted by atomic mass is 9.67. The normalized spacial score (nSPS) is 30.0. The zero-order chi connectivity index (χ0) is 18.3. The molecule has 5 nitrogen and oxygen atoms in total. The van der Waals surface area contributed by atoms with Gasteiger partial charge in [0.2, 0.25) is 5.91 Å². The number of amides is 2. The lowest BCUT2D eigenvalue weighted by Gasteiger charge is -2.45. The summed E-state index contributed by atoms with van der Waals surface area (Å²) in [6, 6.07) is 4.65. The van der Waals surface area contributed by atoms with E-state index < -0.39 is 5.82 Å². The van der Waals surface area contributed by atoms with Gasteiger partial charge in [-0.1, -0.05) is 6.42 Å². The van der Waals surface area contributed by atoms with Gasteiger partial charge in [0, 0.05) is 30.7 Å². The Hall–Kier alpha value is -1.66. The van der Waals surface area contributed by atoms with Crippen LogP contribution in [0.4, 0.5) is 10.1 Å². The number of fused-ring (bicyclic) bond motifs is 2. The van der Waals surface area contributed by atoms with Crippen molar-refractivity contribution in [3.63, 3.8) is 0 Å². The fourth-order valence-corrected chi connectivity index (χ4v) is 5.03. The molecule has 4 rings (SSSR count). The average molecular weight is 396 g/mol. The number of hydrogen-bond acceptors (Lipinski definition) is 3. The number of nitrogens with two attached hydrogens (primary N) is 1. The van der Waals surface area contributed by atoms with Crippen LogP contribution in [-0.2, 0) is 4.79 Å². The van der Waals surface area contributed by atoms with Crippen LogP contribution < -0.4 is 16.0 Å². The van der Waals surface area contributed by atoms with Crippen LogP contribution >= 0.6 is 12.4 Å². The first-order valence-corrected chi connectivity index (χ1v) is 9.69. The number of carbonyl (C=O) groups excluding carboxylic acids is 2. The second kappa shape index (κ2) is 8.15. The summed E-state index contributed by atoms with van der Waals surface area (Å²) in [5.41, 5.74) is 6.77. The number of rotatable bonds is 3. The molecule has 2 amide bonds. The fraction of sp³-hybridized carbons (Fsp3) is 0.600. The van der Waals surface area contributed by atoms with Gasteiger partial charge in [-0.15, -0.1) is 12.4 Å². The molecule has 0 radical (unpaired) electrons. The van der Waals surface area contributed by atoms with Crippen molar-refractivity contribution in [1.29, 1.82) is 0 Å². The SMILES string of the molecule is Cl.NC1CC2CCCC(C1)C2NC(=O)c1cc(N2CCCC2=O)ccc1F. The van der Waals surface area contributed by atoms with E-state index in [0.29, 0.717) is 30.5 Å². The van der Waals surface area contributed by atoms with Crippen LogP contribution in [0.25, 0.3) is 0 Å². The van der Waals surface area contributed by atoms with Crippen LogP contribution in [0.15, 0.2) is 18.2 Å². The van der Waals surface area contributed by atoms with Gasteiger partial charge in [0.05, 0.1) is 5.56 Å². The van der Waals surface area contributed by atoms with Crippen molar-refractivity contribution < 1.29 is 14.0 Å². The number of halogens is 2. The summed E-state index contributed by atoms with van der Waals surface area (Å²) >= 11 is 0. The predicted octanol–water partition coefficient (Wildman–Crippen LogP) is 3.01. The van der Waals surface area contributed by atoms with E-state index in [2.05, 4.69) is 5.32 Å². The maximum absolute atomic E-state index is 14.3. The molecule has 1 aliphatic heterocycles. The minimum absolute atomic E-state index is 0. The third-order valence-corrected chi connectivity index (χ3v) is 6.25. The van der Waals surface area contributed by atoms with E-state index in [9.17, 15) is 14.0 Å². The van der Waals surface area contributed by atoms with Crippen molar-refractivity contribution in [1.82, 2.24) is 5.32 Å². The summed E-state index contributed by atoms with van der Waals surface area (Å²) in [5.74, 6) is -0.136. The molecule has 2 aliphatic carbocycles. The summed E-state index contributed by atoms with van der Waals surface area (Å²) in [5, 5.41) is 3.09. The van der Waals surface area contributed by atoms with Gasteiger partial charge in [0.15, 0.2) is 0 Å². The minimum atomic E-state index is -0.546. The van der Waals surface area contributed by atoms with Crippen molar-refractivity contribution in [2.24, 2.45) is 17.6 Å². The third kappa shape index (κ3) is 3.97. The average Bonchev–Trinajstić information content (AvgIpc) is 3.02. The van der Waals surface area contributed by atoms with Crippen molar-refractivity contribution in [3.05, 3.63) is 29.6 Å². The number of nitrogens with zero attached hydrogens (tertiary/aromatic N) is 1. The summed E-state index contributed by atoms with van der Waals surface area (Å²) < 4.78 is 14.3. The van der Waals surface area contributed by atoms with E-state index >= 15 is 0 Å². The molecule has 1 aromatic carbocycles. The van der Waals surface area contributed by atoms with Gasteiger partial charge in [-0.25, -0.2) is 4.39 Å². The Morgan fingerprint density at radius 2 is 1.89 bits per heavy atom. The molecule has 0 aromatic heterocycles. The zero-order valence-electron chi connectivity index (χ0n) is 15.3. The molecule has 7 heteroatoms. The summed E-state index contributed by atoms with van der Waals surface area (Å²) in [6.07, 6.45) is 6.46. The van der Waals surface area contributed by atoms with E-state index in [4.69, 9.17) is 5.73 Å². The standard InChI is InChI=1S/C20H26FN3O2.ClH/c21-17-7-6-15(24-8-2-5-18(24)25)11-16(17)20(26)23-19-12-3-1-4-13(19)10-14(22)9-12;/h6-7,11-14,19H,1-5,8-10,22H2,(H,23,26);1H. The van der Waals surface area contributed by atoms with E-state index in [1.165, 1.54) is 18.6 Å². The Balaban J connectivity index is 0.00000210. The van der Waals surface area contributed by atoms with Gasteiger partial charge in [-0.3, -0.25) is 9.59 Å². The summed E-state index contributed by atoms with van der Waals surface area (Å²) in [7, 11) is 0. The van der Waals surface area contributed by atoms with Gasteiger partial charge >= 0.3 is 0 Å². The molecule has 2 bridgehead atoms. The lowest BCUT2D eigenvalue weighted by Crippen LogP contribution is -2.53. The number of carbonyl (C=O) groups is 2. The second-order valence-corrected chi connectivity index (χ2v) is 7.99. The molecule has 1 saturated heterocycles. The second-order valence-electron chi connectivity index (χ2n) is 7.99. The number of hydrogen-bond donors (Lipinski definition) is 2. The number of benzene rings is 1. The quantitative estimate of drug-likeness (QED) is 0.826. The van der Waals surface area contributed by atoms with Crippen LogP contribution in [0, 0.1) is 17.7 Å². The molecule has 3 N–H and O–H groups in total. The molecule has 3 aliphatic rings. The molecular weight excluding hydrogens is 369 g/mol. The molecule has 2 saturated carbocycles. The highest BCUT2D eigenvalue weighted by atomic mass is 35.5. The van der Waals surface area contributed by atoms with Crippen LogP contribution in [0.3, 0.4) is 0 Å². The first-order valence-electron chi connectivity index (χ1n) is 9.69. The molecule has 2 unspecified atom stereocenters. The number of nitrogens with one attached hydrogen (secondary N) is 1. The van der Waals surface area contributed by atoms with Crippen molar-refractivity contribution >= 4 is 29.9 Å². The Labute approximate surface area is 165 Å². The van der Waals surface area contributed by atoms with Gasteiger partial charge in [-0.2, -0.15) is 0 Å². The molecular formula is C20H27ClFN3O2. The Bertz CT molecular complexity index is 715.